The first-order chi connectivity index (χ1) is 9.61. The lowest BCUT2D eigenvalue weighted by atomic mass is 10.1. The van der Waals surface area contributed by atoms with Gasteiger partial charge in [0, 0.05) is 10.0 Å². The van der Waals surface area contributed by atoms with Gasteiger partial charge < -0.3 is 9.52 Å². The molecule has 0 fully saturated rings. The average molecular weight is 308 g/mol. The van der Waals surface area contributed by atoms with E-state index in [0.717, 1.165) is 5.52 Å². The number of aliphatic hydroxyl groups is 1. The first-order valence-corrected chi connectivity index (χ1v) is 6.86. The van der Waals surface area contributed by atoms with Crippen LogP contribution < -0.4 is 0 Å². The maximum Gasteiger partial charge on any atom is 0.198 e. The molecule has 0 saturated heterocycles. The largest absolute Gasteiger partial charge is 0.441 e. The van der Waals surface area contributed by atoms with Gasteiger partial charge in [0.15, 0.2) is 11.5 Å². The van der Waals surface area contributed by atoms with E-state index in [0.29, 0.717) is 27.1 Å². The van der Waals surface area contributed by atoms with Gasteiger partial charge in [-0.15, -0.1) is 0 Å². The molecule has 0 saturated carbocycles. The fourth-order valence-electron chi connectivity index (χ4n) is 2.06. The molecule has 0 amide bonds. The van der Waals surface area contributed by atoms with Gasteiger partial charge in [-0.25, -0.2) is 4.98 Å². The summed E-state index contributed by atoms with van der Waals surface area (Å²) in [5.41, 5.74) is 2.13. The van der Waals surface area contributed by atoms with Gasteiger partial charge in [0.1, 0.15) is 5.52 Å². The number of oxazole rings is 1. The molecule has 3 aromatic rings. The van der Waals surface area contributed by atoms with E-state index in [1.807, 2.05) is 24.3 Å². The first kappa shape index (κ1) is 13.4. The smallest absolute Gasteiger partial charge is 0.198 e. The number of fused-ring (bicyclic) bond motifs is 1. The average Bonchev–Trinajstić information content (AvgIpc) is 2.79. The molecule has 2 aromatic carbocycles. The molecule has 5 heteroatoms. The normalized spacial score (nSPS) is 12.8. The molecule has 102 valence electrons. The maximum atomic E-state index is 10.2. The molecule has 1 heterocycles. The molecule has 1 aromatic heterocycles. The summed E-state index contributed by atoms with van der Waals surface area (Å²) in [7, 11) is 0. The second-order valence-electron chi connectivity index (χ2n) is 4.50. The minimum Gasteiger partial charge on any atom is -0.441 e. The summed E-state index contributed by atoms with van der Waals surface area (Å²) in [6.07, 6.45) is -0.495. The lowest BCUT2D eigenvalue weighted by Crippen LogP contribution is -2.02. The zero-order chi connectivity index (χ0) is 14.1. The summed E-state index contributed by atoms with van der Waals surface area (Å²) in [5, 5.41) is 11.2. The van der Waals surface area contributed by atoms with Crippen LogP contribution in [-0.4, -0.2) is 10.1 Å². The fourth-order valence-corrected chi connectivity index (χ4v) is 2.60. The van der Waals surface area contributed by atoms with Crippen LogP contribution in [0.5, 0.6) is 0 Å². The van der Waals surface area contributed by atoms with Crippen molar-refractivity contribution in [3.8, 4) is 0 Å². The Morgan fingerprint density at radius 2 is 1.80 bits per heavy atom. The molecule has 0 aliphatic heterocycles. The minimum atomic E-state index is -0.765. The molecule has 1 N–H and O–H groups in total. The van der Waals surface area contributed by atoms with Gasteiger partial charge >= 0.3 is 0 Å². The van der Waals surface area contributed by atoms with Crippen LogP contribution in [-0.2, 0) is 6.42 Å². The van der Waals surface area contributed by atoms with Gasteiger partial charge in [-0.3, -0.25) is 0 Å². The fraction of sp³-hybridized carbons (Fsp3) is 0.133. The number of halogens is 2. The number of hydrogen-bond acceptors (Lipinski definition) is 3. The number of nitrogens with zero attached hydrogens (tertiary/aromatic N) is 1. The van der Waals surface area contributed by atoms with E-state index in [2.05, 4.69) is 4.98 Å². The molecule has 0 aliphatic carbocycles. The van der Waals surface area contributed by atoms with Crippen molar-refractivity contribution in [3.05, 3.63) is 64.0 Å². The monoisotopic (exact) mass is 307 g/mol. The Balaban J connectivity index is 1.86. The topological polar surface area (TPSA) is 46.3 Å². The summed E-state index contributed by atoms with van der Waals surface area (Å²) in [6, 6.07) is 12.5. The maximum absolute atomic E-state index is 10.2. The van der Waals surface area contributed by atoms with Crippen LogP contribution in [0.25, 0.3) is 11.1 Å². The highest BCUT2D eigenvalue weighted by atomic mass is 35.5. The Bertz CT molecular complexity index is 701. The number of rotatable bonds is 3. The second-order valence-corrected chi connectivity index (χ2v) is 5.37. The molecule has 0 radical (unpaired) electrons. The zero-order valence-electron chi connectivity index (χ0n) is 10.4. The van der Waals surface area contributed by atoms with Gasteiger partial charge in [-0.1, -0.05) is 35.3 Å². The number of aromatic nitrogens is 1. The molecule has 0 aliphatic rings. The second kappa shape index (κ2) is 5.44. The number of aliphatic hydroxyl groups excluding tert-OH is 1. The first-order valence-electron chi connectivity index (χ1n) is 6.10. The minimum absolute atomic E-state index is 0.269. The number of benzene rings is 2. The summed E-state index contributed by atoms with van der Waals surface area (Å²) in [6.45, 7) is 0. The van der Waals surface area contributed by atoms with Crippen LogP contribution in [0, 0.1) is 0 Å². The van der Waals surface area contributed by atoms with Gasteiger partial charge in [-0.05, 0) is 35.9 Å². The molecule has 0 spiro atoms. The third-order valence-corrected chi connectivity index (χ3v) is 3.41. The lowest BCUT2D eigenvalue weighted by Gasteiger charge is -2.09. The van der Waals surface area contributed by atoms with Crippen molar-refractivity contribution in [2.45, 2.75) is 12.5 Å². The summed E-state index contributed by atoms with van der Waals surface area (Å²) >= 11 is 11.9. The van der Waals surface area contributed by atoms with E-state index in [1.54, 1.807) is 18.2 Å². The Morgan fingerprint density at radius 1 is 1.10 bits per heavy atom. The predicted molar refractivity (Wildman–Crippen MR) is 79.1 cm³/mol. The van der Waals surface area contributed by atoms with E-state index in [1.165, 1.54) is 0 Å². The van der Waals surface area contributed by atoms with Crippen LogP contribution in [0.1, 0.15) is 17.6 Å². The van der Waals surface area contributed by atoms with Gasteiger partial charge in [0.2, 0.25) is 0 Å². The highest BCUT2D eigenvalue weighted by Gasteiger charge is 2.14. The molecule has 1 unspecified atom stereocenters. The molecular weight excluding hydrogens is 297 g/mol. The Labute approximate surface area is 125 Å². The molecule has 3 nitrogen and oxygen atoms in total. The van der Waals surface area contributed by atoms with E-state index in [-0.39, 0.29) is 6.42 Å². The van der Waals surface area contributed by atoms with Crippen molar-refractivity contribution in [2.75, 3.05) is 0 Å². The van der Waals surface area contributed by atoms with Gasteiger partial charge in [0.05, 0.1) is 12.5 Å². The van der Waals surface area contributed by atoms with E-state index in [4.69, 9.17) is 27.6 Å². The van der Waals surface area contributed by atoms with Crippen LogP contribution in [0.15, 0.2) is 46.9 Å². The molecule has 3 rings (SSSR count). The summed E-state index contributed by atoms with van der Waals surface area (Å²) in [5.74, 6) is 0.481. The number of hydrogen-bond donors (Lipinski definition) is 1. The lowest BCUT2D eigenvalue weighted by molar-refractivity contribution is 0.169. The van der Waals surface area contributed by atoms with Crippen LogP contribution in [0.3, 0.4) is 0 Å². The standard InChI is InChI=1S/C15H11Cl2NO2/c16-10-5-9(6-11(17)7-10)13(19)8-15-18-12-3-1-2-4-14(12)20-15/h1-7,13,19H,8H2. The van der Waals surface area contributed by atoms with Crippen molar-refractivity contribution in [2.24, 2.45) is 0 Å². The van der Waals surface area contributed by atoms with Crippen molar-refractivity contribution in [1.82, 2.24) is 4.98 Å². The van der Waals surface area contributed by atoms with Gasteiger partial charge in [0.25, 0.3) is 0 Å². The predicted octanol–water partition coefficient (Wildman–Crippen LogP) is 4.41. The number of para-hydroxylation sites is 2. The van der Waals surface area contributed by atoms with Gasteiger partial charge in [-0.2, -0.15) is 0 Å². The van der Waals surface area contributed by atoms with E-state index < -0.39 is 6.10 Å². The molecule has 1 atom stereocenters. The van der Waals surface area contributed by atoms with Crippen molar-refractivity contribution < 1.29 is 9.52 Å². The summed E-state index contributed by atoms with van der Waals surface area (Å²) < 4.78 is 5.58. The van der Waals surface area contributed by atoms with E-state index in [9.17, 15) is 5.11 Å². The third kappa shape index (κ3) is 2.80. The zero-order valence-corrected chi connectivity index (χ0v) is 11.9. The van der Waals surface area contributed by atoms with Crippen molar-refractivity contribution in [3.63, 3.8) is 0 Å². The highest BCUT2D eigenvalue weighted by Crippen LogP contribution is 2.26. The molecule has 20 heavy (non-hydrogen) atoms. The Kier molecular flexibility index (Phi) is 3.66. The van der Waals surface area contributed by atoms with Crippen LogP contribution >= 0.6 is 23.2 Å². The quantitative estimate of drug-likeness (QED) is 0.779. The van der Waals surface area contributed by atoms with Crippen LogP contribution in [0.4, 0.5) is 0 Å². The summed E-state index contributed by atoms with van der Waals surface area (Å²) in [4.78, 5) is 4.33. The highest BCUT2D eigenvalue weighted by molar-refractivity contribution is 6.34. The molecule has 0 bridgehead atoms. The van der Waals surface area contributed by atoms with Crippen LogP contribution in [0.2, 0.25) is 10.0 Å². The van der Waals surface area contributed by atoms with Crippen molar-refractivity contribution >= 4 is 34.3 Å². The van der Waals surface area contributed by atoms with E-state index >= 15 is 0 Å². The Morgan fingerprint density at radius 3 is 2.50 bits per heavy atom. The molecular formula is C15H11Cl2NO2. The Hall–Kier alpha value is -1.55. The van der Waals surface area contributed by atoms with Crippen molar-refractivity contribution in [1.29, 1.82) is 0 Å². The SMILES string of the molecule is OC(Cc1nc2ccccc2o1)c1cc(Cl)cc(Cl)c1. The third-order valence-electron chi connectivity index (χ3n) is 2.98.